The Bertz CT molecular complexity index is 249. The predicted molar refractivity (Wildman–Crippen MR) is 70.2 cm³/mol. The van der Waals surface area contributed by atoms with E-state index in [-0.39, 0.29) is 0 Å². The second kappa shape index (κ2) is 8.01. The minimum absolute atomic E-state index is 1.14. The van der Waals surface area contributed by atoms with E-state index >= 15 is 0 Å². The van der Waals surface area contributed by atoms with Crippen LogP contribution in [-0.2, 0) is 0 Å². The molecule has 1 aliphatic heterocycles. The normalized spacial score (nSPS) is 15.9. The van der Waals surface area contributed by atoms with Crippen LogP contribution in [0.1, 0.15) is 25.7 Å². The zero-order valence-electron chi connectivity index (χ0n) is 8.32. The smallest absolute Gasteiger partial charge is 0.0106 e. The van der Waals surface area contributed by atoms with Gasteiger partial charge in [0.25, 0.3) is 0 Å². The molecule has 1 heterocycles. The van der Waals surface area contributed by atoms with Crippen LogP contribution in [0.15, 0.2) is 47.3 Å². The van der Waals surface area contributed by atoms with Crippen LogP contribution in [-0.4, -0.2) is 0 Å². The van der Waals surface area contributed by atoms with Crippen LogP contribution in [0.2, 0.25) is 0 Å². The van der Waals surface area contributed by atoms with E-state index in [0.29, 0.717) is 0 Å². The fourth-order valence-electron chi connectivity index (χ4n) is 1.13. The van der Waals surface area contributed by atoms with Crippen LogP contribution >= 0.6 is 21.6 Å². The standard InChI is InChI=1S/C12H16S2/c1-2-3-4-5-6-7-8-12-9-10-13-14-11-12/h2,7-11H,1,3-6H2/b8-7+. The molecule has 2 heteroatoms. The first-order chi connectivity index (χ1) is 6.93. The van der Waals surface area contributed by atoms with Crippen LogP contribution < -0.4 is 0 Å². The Hall–Kier alpha value is -0.340. The van der Waals surface area contributed by atoms with Crippen molar-refractivity contribution in [2.45, 2.75) is 25.7 Å². The van der Waals surface area contributed by atoms with Gasteiger partial charge in [0.2, 0.25) is 0 Å². The Morgan fingerprint density at radius 1 is 1.21 bits per heavy atom. The molecule has 1 rings (SSSR count). The van der Waals surface area contributed by atoms with Crippen LogP contribution in [0.25, 0.3) is 0 Å². The Balaban J connectivity index is 2.10. The molecule has 0 amide bonds. The van der Waals surface area contributed by atoms with Gasteiger partial charge in [-0.1, -0.05) is 39.8 Å². The van der Waals surface area contributed by atoms with Crippen molar-refractivity contribution in [1.29, 1.82) is 0 Å². The first-order valence-corrected chi connectivity index (χ1v) is 7.17. The van der Waals surface area contributed by atoms with Gasteiger partial charge in [0.15, 0.2) is 0 Å². The summed E-state index contributed by atoms with van der Waals surface area (Å²) in [5.74, 6) is 0. The third kappa shape index (κ3) is 5.40. The van der Waals surface area contributed by atoms with E-state index < -0.39 is 0 Å². The molecule has 0 saturated heterocycles. The predicted octanol–water partition coefficient (Wildman–Crippen LogP) is 5.08. The lowest BCUT2D eigenvalue weighted by Gasteiger charge is -1.99. The molecule has 0 radical (unpaired) electrons. The Kier molecular flexibility index (Phi) is 6.71. The van der Waals surface area contributed by atoms with E-state index in [0.717, 1.165) is 6.42 Å². The van der Waals surface area contributed by atoms with Crippen molar-refractivity contribution in [3.05, 3.63) is 47.3 Å². The Labute approximate surface area is 94.6 Å². The highest BCUT2D eigenvalue weighted by Gasteiger charge is 1.92. The summed E-state index contributed by atoms with van der Waals surface area (Å²) >= 11 is 0. The molecule has 0 spiro atoms. The highest BCUT2D eigenvalue weighted by Crippen LogP contribution is 2.30. The summed E-state index contributed by atoms with van der Waals surface area (Å²) in [5.41, 5.74) is 1.32. The molecule has 0 saturated carbocycles. The maximum Gasteiger partial charge on any atom is -0.0106 e. The second-order valence-electron chi connectivity index (χ2n) is 3.09. The fraction of sp³-hybridized carbons (Fsp3) is 0.333. The summed E-state index contributed by atoms with van der Waals surface area (Å²) in [4.78, 5) is 0. The number of hydrogen-bond donors (Lipinski definition) is 0. The Morgan fingerprint density at radius 3 is 2.79 bits per heavy atom. The number of rotatable bonds is 6. The van der Waals surface area contributed by atoms with Crippen molar-refractivity contribution in [2.75, 3.05) is 0 Å². The highest BCUT2D eigenvalue weighted by molar-refractivity contribution is 8.79. The van der Waals surface area contributed by atoms with E-state index in [1.54, 1.807) is 21.6 Å². The molecule has 0 aromatic heterocycles. The molecule has 0 fully saturated rings. The van der Waals surface area contributed by atoms with Crippen LogP contribution in [0.5, 0.6) is 0 Å². The lowest BCUT2D eigenvalue weighted by molar-refractivity contribution is 0.763. The largest absolute Gasteiger partial charge is 0.103 e. The zero-order valence-corrected chi connectivity index (χ0v) is 9.95. The topological polar surface area (TPSA) is 0 Å². The molecule has 0 aromatic carbocycles. The van der Waals surface area contributed by atoms with E-state index in [1.165, 1.54) is 24.8 Å². The van der Waals surface area contributed by atoms with Crippen LogP contribution in [0, 0.1) is 0 Å². The summed E-state index contributed by atoms with van der Waals surface area (Å²) in [5, 5.41) is 4.31. The monoisotopic (exact) mass is 224 g/mol. The molecule has 0 unspecified atom stereocenters. The number of hydrogen-bond acceptors (Lipinski definition) is 2. The summed E-state index contributed by atoms with van der Waals surface area (Å²) in [6.45, 7) is 3.71. The quantitative estimate of drug-likeness (QED) is 0.350. The summed E-state index contributed by atoms with van der Waals surface area (Å²) < 4.78 is 0. The first kappa shape index (κ1) is 11.7. The van der Waals surface area contributed by atoms with Gasteiger partial charge < -0.3 is 0 Å². The third-order valence-corrected chi connectivity index (χ3v) is 3.58. The van der Waals surface area contributed by atoms with Gasteiger partial charge in [-0.05, 0) is 48.1 Å². The van der Waals surface area contributed by atoms with Crippen LogP contribution in [0.3, 0.4) is 0 Å². The number of allylic oxidation sites excluding steroid dienone is 5. The molecule has 1 aliphatic rings. The highest BCUT2D eigenvalue weighted by atomic mass is 33.1. The number of unbranched alkanes of at least 4 members (excludes halogenated alkanes) is 3. The first-order valence-electron chi connectivity index (χ1n) is 4.90. The molecule has 0 atom stereocenters. The van der Waals surface area contributed by atoms with Gasteiger partial charge in [0, 0.05) is 0 Å². The molecule has 0 aromatic rings. The van der Waals surface area contributed by atoms with E-state index in [1.807, 2.05) is 6.08 Å². The molecular weight excluding hydrogens is 208 g/mol. The van der Waals surface area contributed by atoms with Gasteiger partial charge in [0.05, 0.1) is 0 Å². The minimum atomic E-state index is 1.14. The second-order valence-corrected chi connectivity index (χ2v) is 5.14. The SMILES string of the molecule is C=CCCCC/C=C/C1=CSSC=C1. The maximum absolute atomic E-state index is 3.71. The van der Waals surface area contributed by atoms with Crippen molar-refractivity contribution in [3.8, 4) is 0 Å². The summed E-state index contributed by atoms with van der Waals surface area (Å²) in [7, 11) is 3.54. The lowest BCUT2D eigenvalue weighted by Crippen LogP contribution is -1.74. The van der Waals surface area contributed by atoms with Crippen LogP contribution in [0.4, 0.5) is 0 Å². The van der Waals surface area contributed by atoms with E-state index in [9.17, 15) is 0 Å². The van der Waals surface area contributed by atoms with E-state index in [4.69, 9.17) is 0 Å². The summed E-state index contributed by atoms with van der Waals surface area (Å²) in [6, 6.07) is 0. The summed E-state index contributed by atoms with van der Waals surface area (Å²) in [6.07, 6.45) is 13.5. The average molecular weight is 224 g/mol. The van der Waals surface area contributed by atoms with Gasteiger partial charge >= 0.3 is 0 Å². The van der Waals surface area contributed by atoms with Gasteiger partial charge in [0.1, 0.15) is 0 Å². The van der Waals surface area contributed by atoms with Crippen molar-refractivity contribution in [3.63, 3.8) is 0 Å². The van der Waals surface area contributed by atoms with Gasteiger partial charge in [-0.2, -0.15) is 0 Å². The van der Waals surface area contributed by atoms with Crippen molar-refractivity contribution in [1.82, 2.24) is 0 Å². The maximum atomic E-state index is 3.71. The third-order valence-electron chi connectivity index (χ3n) is 1.90. The van der Waals surface area contributed by atoms with Crippen molar-refractivity contribution in [2.24, 2.45) is 0 Å². The molecule has 0 N–H and O–H groups in total. The van der Waals surface area contributed by atoms with Crippen molar-refractivity contribution < 1.29 is 0 Å². The minimum Gasteiger partial charge on any atom is -0.103 e. The molecular formula is C12H16S2. The zero-order chi connectivity index (χ0) is 10.1. The Morgan fingerprint density at radius 2 is 2.07 bits per heavy atom. The van der Waals surface area contributed by atoms with E-state index in [2.05, 4.69) is 35.6 Å². The molecule has 0 nitrogen and oxygen atoms in total. The molecule has 0 bridgehead atoms. The average Bonchev–Trinajstić information content (AvgIpc) is 2.25. The van der Waals surface area contributed by atoms with Gasteiger partial charge in [-0.3, -0.25) is 0 Å². The van der Waals surface area contributed by atoms with Crippen molar-refractivity contribution >= 4 is 21.6 Å². The van der Waals surface area contributed by atoms with Gasteiger partial charge in [-0.25, -0.2) is 0 Å². The fourth-order valence-corrected chi connectivity index (χ4v) is 2.59. The lowest BCUT2D eigenvalue weighted by atomic mass is 10.1. The molecule has 0 aliphatic carbocycles. The van der Waals surface area contributed by atoms with Gasteiger partial charge in [-0.15, -0.1) is 6.58 Å². The molecule has 14 heavy (non-hydrogen) atoms. The molecule has 76 valence electrons.